The molecule has 0 aliphatic heterocycles. The predicted octanol–water partition coefficient (Wildman–Crippen LogP) is 1.04. The summed E-state index contributed by atoms with van der Waals surface area (Å²) in [6, 6.07) is 0.782. The molecular formula is C8H20ClNO3Si. The maximum atomic E-state index is 5.62. The second kappa shape index (κ2) is 7.61. The van der Waals surface area contributed by atoms with E-state index in [9.17, 15) is 0 Å². The highest BCUT2D eigenvalue weighted by molar-refractivity contribution is 6.60. The highest BCUT2D eigenvalue weighted by Gasteiger charge is 2.37. The van der Waals surface area contributed by atoms with Crippen molar-refractivity contribution in [2.75, 3.05) is 47.3 Å². The summed E-state index contributed by atoms with van der Waals surface area (Å²) in [5.41, 5.74) is 0. The zero-order valence-electron chi connectivity index (χ0n) is 9.38. The maximum absolute atomic E-state index is 5.62. The Morgan fingerprint density at radius 2 is 1.57 bits per heavy atom. The van der Waals surface area contributed by atoms with Gasteiger partial charge in [-0.25, -0.2) is 0 Å². The number of alkyl halides is 1. The Morgan fingerprint density at radius 1 is 1.07 bits per heavy atom. The highest BCUT2D eigenvalue weighted by Crippen LogP contribution is 2.12. The van der Waals surface area contributed by atoms with Crippen LogP contribution in [0.25, 0.3) is 0 Å². The fraction of sp³-hybridized carbons (Fsp3) is 1.00. The lowest BCUT2D eigenvalue weighted by Crippen LogP contribution is -2.45. The van der Waals surface area contributed by atoms with Crippen LogP contribution in [0, 0.1) is 0 Å². The lowest BCUT2D eigenvalue weighted by atomic mass is 10.6. The predicted molar refractivity (Wildman–Crippen MR) is 59.8 cm³/mol. The molecule has 4 nitrogen and oxygen atoms in total. The minimum absolute atomic E-state index is 0.637. The van der Waals surface area contributed by atoms with Gasteiger partial charge in [0.1, 0.15) is 0 Å². The molecule has 0 spiro atoms. The van der Waals surface area contributed by atoms with Crippen LogP contribution in [0.2, 0.25) is 6.04 Å². The van der Waals surface area contributed by atoms with E-state index < -0.39 is 8.80 Å². The zero-order valence-corrected chi connectivity index (χ0v) is 11.1. The number of hydrogen-bond acceptors (Lipinski definition) is 4. The molecule has 0 N–H and O–H groups in total. The second-order valence-electron chi connectivity index (χ2n) is 3.04. The Hall–Kier alpha value is 0.347. The smallest absolute Gasteiger partial charge is 0.377 e. The van der Waals surface area contributed by atoms with Crippen LogP contribution >= 0.6 is 11.6 Å². The van der Waals surface area contributed by atoms with Crippen molar-refractivity contribution in [3.63, 3.8) is 0 Å². The average Bonchev–Trinajstić information content (AvgIpc) is 2.21. The third kappa shape index (κ3) is 4.72. The van der Waals surface area contributed by atoms with Crippen LogP contribution in [-0.2, 0) is 13.3 Å². The SMILES string of the molecule is CO[Si](CCN(C)CCCl)(OC)OC. The van der Waals surface area contributed by atoms with E-state index in [1.165, 1.54) is 0 Å². The van der Waals surface area contributed by atoms with Gasteiger partial charge in [0.25, 0.3) is 0 Å². The average molecular weight is 242 g/mol. The van der Waals surface area contributed by atoms with Gasteiger partial charge in [0, 0.05) is 46.3 Å². The van der Waals surface area contributed by atoms with Gasteiger partial charge in [-0.05, 0) is 7.05 Å². The lowest BCUT2D eigenvalue weighted by molar-refractivity contribution is 0.120. The maximum Gasteiger partial charge on any atom is 0.501 e. The van der Waals surface area contributed by atoms with Crippen LogP contribution in [0.1, 0.15) is 0 Å². The summed E-state index contributed by atoms with van der Waals surface area (Å²) in [5, 5.41) is 0. The van der Waals surface area contributed by atoms with Gasteiger partial charge in [-0.3, -0.25) is 0 Å². The molecular weight excluding hydrogens is 222 g/mol. The molecule has 0 radical (unpaired) electrons. The van der Waals surface area contributed by atoms with Crippen LogP contribution < -0.4 is 0 Å². The molecule has 0 saturated carbocycles. The Morgan fingerprint density at radius 3 is 1.93 bits per heavy atom. The topological polar surface area (TPSA) is 30.9 Å². The molecule has 0 unspecified atom stereocenters. The summed E-state index contributed by atoms with van der Waals surface area (Å²) in [6.45, 7) is 1.73. The molecule has 0 heterocycles. The standard InChI is InChI=1S/C8H20ClNO3Si/c1-10(6-5-9)7-8-14(11-2,12-3)13-4/h5-8H2,1-4H3. The first-order valence-corrected chi connectivity index (χ1v) is 7.00. The molecule has 0 rings (SSSR count). The Labute approximate surface area is 92.4 Å². The van der Waals surface area contributed by atoms with Gasteiger partial charge >= 0.3 is 8.80 Å². The third-order valence-corrected chi connectivity index (χ3v) is 5.07. The van der Waals surface area contributed by atoms with Gasteiger partial charge in [-0.15, -0.1) is 11.6 Å². The third-order valence-electron chi connectivity index (χ3n) is 2.20. The highest BCUT2D eigenvalue weighted by atomic mass is 35.5. The monoisotopic (exact) mass is 241 g/mol. The van der Waals surface area contributed by atoms with Crippen molar-refractivity contribution in [1.29, 1.82) is 0 Å². The van der Waals surface area contributed by atoms with Gasteiger partial charge in [0.05, 0.1) is 0 Å². The molecule has 0 amide bonds. The van der Waals surface area contributed by atoms with Crippen molar-refractivity contribution in [3.05, 3.63) is 0 Å². The summed E-state index contributed by atoms with van der Waals surface area (Å²) < 4.78 is 15.9. The van der Waals surface area contributed by atoms with Crippen LogP contribution in [0.15, 0.2) is 0 Å². The van der Waals surface area contributed by atoms with Crippen molar-refractivity contribution in [2.45, 2.75) is 6.04 Å². The van der Waals surface area contributed by atoms with Gasteiger partial charge in [-0.2, -0.15) is 0 Å². The Kier molecular flexibility index (Phi) is 7.80. The number of nitrogens with zero attached hydrogens (tertiary/aromatic N) is 1. The minimum Gasteiger partial charge on any atom is -0.377 e. The van der Waals surface area contributed by atoms with Gasteiger partial charge < -0.3 is 18.2 Å². The van der Waals surface area contributed by atoms with Crippen molar-refractivity contribution in [2.24, 2.45) is 0 Å². The largest absolute Gasteiger partial charge is 0.501 e. The molecule has 0 aromatic heterocycles. The molecule has 86 valence electrons. The Balaban J connectivity index is 3.92. The summed E-state index contributed by atoms with van der Waals surface area (Å²) in [6.07, 6.45) is 0. The van der Waals surface area contributed by atoms with Crippen LogP contribution in [0.4, 0.5) is 0 Å². The van der Waals surface area contributed by atoms with E-state index in [0.717, 1.165) is 19.1 Å². The number of rotatable bonds is 8. The molecule has 0 aliphatic rings. The molecule has 0 fully saturated rings. The van der Waals surface area contributed by atoms with Crippen LogP contribution in [0.3, 0.4) is 0 Å². The first kappa shape index (κ1) is 14.3. The summed E-state index contributed by atoms with van der Waals surface area (Å²) in [7, 11) is 4.50. The summed E-state index contributed by atoms with van der Waals surface area (Å²) >= 11 is 5.62. The van der Waals surface area contributed by atoms with E-state index in [2.05, 4.69) is 4.90 Å². The van der Waals surface area contributed by atoms with Crippen molar-refractivity contribution < 1.29 is 13.3 Å². The van der Waals surface area contributed by atoms with Gasteiger partial charge in [0.2, 0.25) is 0 Å². The molecule has 6 heteroatoms. The Bertz CT molecular complexity index is 138. The van der Waals surface area contributed by atoms with Crippen LogP contribution in [0.5, 0.6) is 0 Å². The van der Waals surface area contributed by atoms with E-state index in [-0.39, 0.29) is 0 Å². The van der Waals surface area contributed by atoms with E-state index in [4.69, 9.17) is 24.9 Å². The quantitative estimate of drug-likeness (QED) is 0.469. The fourth-order valence-corrected chi connectivity index (χ4v) is 3.20. The molecule has 0 saturated heterocycles. The van der Waals surface area contributed by atoms with E-state index in [0.29, 0.717) is 5.88 Å². The van der Waals surface area contributed by atoms with Crippen molar-refractivity contribution in [1.82, 2.24) is 4.90 Å². The van der Waals surface area contributed by atoms with Gasteiger partial charge in [0.15, 0.2) is 0 Å². The lowest BCUT2D eigenvalue weighted by Gasteiger charge is -2.26. The molecule has 0 bridgehead atoms. The van der Waals surface area contributed by atoms with E-state index >= 15 is 0 Å². The van der Waals surface area contributed by atoms with Crippen molar-refractivity contribution >= 4 is 20.4 Å². The summed E-state index contributed by atoms with van der Waals surface area (Å²) in [5.74, 6) is 0.637. The first-order chi connectivity index (χ1) is 6.64. The molecule has 0 aromatic carbocycles. The van der Waals surface area contributed by atoms with E-state index in [1.807, 2.05) is 7.05 Å². The number of halogens is 1. The summed E-state index contributed by atoms with van der Waals surface area (Å²) in [4.78, 5) is 2.13. The normalized spacial score (nSPS) is 12.4. The molecule has 0 atom stereocenters. The first-order valence-electron chi connectivity index (χ1n) is 4.54. The second-order valence-corrected chi connectivity index (χ2v) is 6.51. The molecule has 0 aromatic rings. The number of hydrogen-bond donors (Lipinski definition) is 0. The molecule has 14 heavy (non-hydrogen) atoms. The van der Waals surface area contributed by atoms with Crippen molar-refractivity contribution in [3.8, 4) is 0 Å². The molecule has 0 aliphatic carbocycles. The fourth-order valence-electron chi connectivity index (χ4n) is 1.14. The van der Waals surface area contributed by atoms with E-state index in [1.54, 1.807) is 21.3 Å². The van der Waals surface area contributed by atoms with Gasteiger partial charge in [-0.1, -0.05) is 0 Å². The van der Waals surface area contributed by atoms with Crippen LogP contribution in [-0.4, -0.2) is 61.1 Å². The minimum atomic E-state index is -2.39. The zero-order chi connectivity index (χ0) is 11.0.